The second-order valence-corrected chi connectivity index (χ2v) is 8.53. The average Bonchev–Trinajstić information content (AvgIpc) is 2.91. The van der Waals surface area contributed by atoms with Crippen LogP contribution in [0, 0.1) is 5.41 Å². The first kappa shape index (κ1) is 19.2. The molecular weight excluding hydrogens is 334 g/mol. The molecule has 27 heavy (non-hydrogen) atoms. The van der Waals surface area contributed by atoms with Crippen LogP contribution in [0.25, 0.3) is 11.0 Å². The van der Waals surface area contributed by atoms with Crippen LogP contribution in [0.2, 0.25) is 0 Å². The van der Waals surface area contributed by atoms with Gasteiger partial charge in [0, 0.05) is 18.2 Å². The van der Waals surface area contributed by atoms with Crippen LogP contribution in [-0.4, -0.2) is 21.5 Å². The van der Waals surface area contributed by atoms with E-state index in [1.54, 1.807) is 0 Å². The number of nitrogens with zero attached hydrogens (tertiary/aromatic N) is 3. The molecule has 0 saturated carbocycles. The molecule has 0 atom stereocenters. The summed E-state index contributed by atoms with van der Waals surface area (Å²) >= 11 is 0. The Morgan fingerprint density at radius 1 is 1.04 bits per heavy atom. The number of amides is 1. The Balaban J connectivity index is 1.99. The van der Waals surface area contributed by atoms with E-state index in [1.165, 1.54) is 0 Å². The maximum atomic E-state index is 13.3. The Morgan fingerprint density at radius 2 is 1.67 bits per heavy atom. The largest absolute Gasteiger partial charge is 0.318 e. The van der Waals surface area contributed by atoms with Gasteiger partial charge in [0.05, 0.1) is 11.0 Å². The zero-order valence-corrected chi connectivity index (χ0v) is 16.9. The van der Waals surface area contributed by atoms with Gasteiger partial charge in [0.15, 0.2) is 0 Å². The summed E-state index contributed by atoms with van der Waals surface area (Å²) in [7, 11) is 0. The van der Waals surface area contributed by atoms with Gasteiger partial charge in [-0.25, -0.2) is 4.98 Å². The molecule has 0 unspecified atom stereocenters. The van der Waals surface area contributed by atoms with Crippen molar-refractivity contribution in [3.8, 4) is 0 Å². The summed E-state index contributed by atoms with van der Waals surface area (Å²) in [5, 5.41) is 0. The van der Waals surface area contributed by atoms with Gasteiger partial charge in [-0.2, -0.15) is 0 Å². The van der Waals surface area contributed by atoms with Crippen molar-refractivity contribution in [2.75, 3.05) is 4.90 Å². The van der Waals surface area contributed by atoms with Crippen molar-refractivity contribution >= 4 is 22.6 Å². The van der Waals surface area contributed by atoms with Crippen molar-refractivity contribution in [3.05, 3.63) is 60.4 Å². The summed E-state index contributed by atoms with van der Waals surface area (Å²) in [6.45, 7) is 11.0. The molecule has 4 nitrogen and oxygen atoms in total. The van der Waals surface area contributed by atoms with Gasteiger partial charge in [0.25, 0.3) is 0 Å². The fourth-order valence-corrected chi connectivity index (χ4v) is 3.44. The van der Waals surface area contributed by atoms with E-state index in [4.69, 9.17) is 4.98 Å². The molecule has 0 saturated heterocycles. The molecule has 1 amide bonds. The van der Waals surface area contributed by atoms with Crippen molar-refractivity contribution in [2.45, 2.75) is 53.6 Å². The zero-order chi connectivity index (χ0) is 19.6. The number of aromatic nitrogens is 2. The highest BCUT2D eigenvalue weighted by Crippen LogP contribution is 2.25. The van der Waals surface area contributed by atoms with Crippen molar-refractivity contribution in [3.63, 3.8) is 0 Å². The lowest BCUT2D eigenvalue weighted by molar-refractivity contribution is -0.119. The molecule has 3 aromatic rings. The summed E-state index contributed by atoms with van der Waals surface area (Å²) in [4.78, 5) is 20.0. The zero-order valence-electron chi connectivity index (χ0n) is 16.9. The Bertz CT molecular complexity index is 920. The number of hydrogen-bond donors (Lipinski definition) is 0. The van der Waals surface area contributed by atoms with Crippen LogP contribution in [0.3, 0.4) is 0 Å². The van der Waals surface area contributed by atoms with Gasteiger partial charge in [-0.05, 0) is 43.5 Å². The van der Waals surface area contributed by atoms with Gasteiger partial charge in [-0.15, -0.1) is 0 Å². The van der Waals surface area contributed by atoms with Gasteiger partial charge in [0.2, 0.25) is 5.91 Å². The number of hydrogen-bond acceptors (Lipinski definition) is 2. The van der Waals surface area contributed by atoms with Crippen LogP contribution in [-0.2, 0) is 17.8 Å². The van der Waals surface area contributed by atoms with Crippen molar-refractivity contribution in [2.24, 2.45) is 5.41 Å². The van der Waals surface area contributed by atoms with Crippen LogP contribution in [0.4, 0.5) is 5.69 Å². The molecule has 2 aromatic carbocycles. The predicted octanol–water partition coefficient (Wildman–Crippen LogP) is 5.07. The first-order valence-electron chi connectivity index (χ1n) is 9.57. The Hall–Kier alpha value is -2.62. The SMILES string of the molecule is CC(C)N(C(=O)Cn1c(CC(C)(C)C)nc2ccccc21)c1ccccc1. The van der Waals surface area contributed by atoms with E-state index in [9.17, 15) is 4.79 Å². The lowest BCUT2D eigenvalue weighted by Gasteiger charge is -2.28. The first-order chi connectivity index (χ1) is 12.8. The molecule has 0 spiro atoms. The molecule has 1 heterocycles. The number of fused-ring (bicyclic) bond motifs is 1. The number of benzene rings is 2. The molecular formula is C23H29N3O. The number of anilines is 1. The molecule has 1 aromatic heterocycles. The normalized spacial score (nSPS) is 11.9. The lowest BCUT2D eigenvalue weighted by atomic mass is 9.92. The van der Waals surface area contributed by atoms with Crippen molar-refractivity contribution < 1.29 is 4.79 Å². The minimum absolute atomic E-state index is 0.0783. The van der Waals surface area contributed by atoms with E-state index < -0.39 is 0 Å². The van der Waals surface area contributed by atoms with Crippen molar-refractivity contribution in [1.82, 2.24) is 9.55 Å². The fraction of sp³-hybridized carbons (Fsp3) is 0.391. The van der Waals surface area contributed by atoms with E-state index >= 15 is 0 Å². The van der Waals surface area contributed by atoms with E-state index in [2.05, 4.69) is 25.3 Å². The van der Waals surface area contributed by atoms with Gasteiger partial charge >= 0.3 is 0 Å². The van der Waals surface area contributed by atoms with Crippen LogP contribution in [0.15, 0.2) is 54.6 Å². The average molecular weight is 364 g/mol. The van der Waals surface area contributed by atoms with Crippen LogP contribution in [0.5, 0.6) is 0 Å². The predicted molar refractivity (Wildman–Crippen MR) is 112 cm³/mol. The number of imidazole rings is 1. The molecule has 0 radical (unpaired) electrons. The minimum atomic E-state index is 0.0783. The Labute approximate surface area is 161 Å². The highest BCUT2D eigenvalue weighted by molar-refractivity contribution is 5.94. The molecule has 0 aliphatic rings. The summed E-state index contributed by atoms with van der Waals surface area (Å²) < 4.78 is 2.08. The van der Waals surface area contributed by atoms with Gasteiger partial charge in [-0.1, -0.05) is 51.1 Å². The highest BCUT2D eigenvalue weighted by Gasteiger charge is 2.23. The van der Waals surface area contributed by atoms with Gasteiger partial charge in [-0.3, -0.25) is 4.79 Å². The second kappa shape index (κ2) is 7.55. The number of carbonyl (C=O) groups is 1. The van der Waals surface area contributed by atoms with Crippen molar-refractivity contribution in [1.29, 1.82) is 0 Å². The standard InChI is InChI=1S/C23H29N3O/c1-17(2)26(18-11-7-6-8-12-18)22(27)16-25-20-14-10-9-13-19(20)24-21(25)15-23(3,4)5/h6-14,17H,15-16H2,1-5H3. The Morgan fingerprint density at radius 3 is 2.30 bits per heavy atom. The molecule has 0 aliphatic carbocycles. The first-order valence-corrected chi connectivity index (χ1v) is 9.57. The highest BCUT2D eigenvalue weighted by atomic mass is 16.2. The maximum absolute atomic E-state index is 13.3. The monoisotopic (exact) mass is 363 g/mol. The molecule has 0 bridgehead atoms. The maximum Gasteiger partial charge on any atom is 0.247 e. The molecule has 142 valence electrons. The third-order valence-electron chi connectivity index (χ3n) is 4.53. The number of para-hydroxylation sites is 3. The van der Waals surface area contributed by atoms with Crippen LogP contribution < -0.4 is 4.90 Å². The second-order valence-electron chi connectivity index (χ2n) is 8.53. The summed E-state index contributed by atoms with van der Waals surface area (Å²) in [5.74, 6) is 1.04. The molecule has 0 N–H and O–H groups in total. The summed E-state index contributed by atoms with van der Waals surface area (Å²) in [5.41, 5.74) is 2.99. The third kappa shape index (κ3) is 4.38. The van der Waals surface area contributed by atoms with Crippen LogP contribution in [0.1, 0.15) is 40.4 Å². The summed E-state index contributed by atoms with van der Waals surface area (Å²) in [6, 6.07) is 18.0. The van der Waals surface area contributed by atoms with Gasteiger partial charge in [0.1, 0.15) is 12.4 Å². The van der Waals surface area contributed by atoms with E-state index in [0.717, 1.165) is 29.0 Å². The quantitative estimate of drug-likeness (QED) is 0.635. The van der Waals surface area contributed by atoms with E-state index in [0.29, 0.717) is 6.54 Å². The topological polar surface area (TPSA) is 38.1 Å². The van der Waals surface area contributed by atoms with E-state index in [1.807, 2.05) is 73.3 Å². The fourth-order valence-electron chi connectivity index (χ4n) is 3.44. The lowest BCUT2D eigenvalue weighted by Crippen LogP contribution is -2.39. The smallest absolute Gasteiger partial charge is 0.247 e. The Kier molecular flexibility index (Phi) is 5.36. The molecule has 3 rings (SSSR count). The number of carbonyl (C=O) groups excluding carboxylic acids is 1. The summed E-state index contributed by atoms with van der Waals surface area (Å²) in [6.07, 6.45) is 0.821. The third-order valence-corrected chi connectivity index (χ3v) is 4.53. The van der Waals surface area contributed by atoms with Crippen LogP contribution >= 0.6 is 0 Å². The number of rotatable bonds is 5. The van der Waals surface area contributed by atoms with E-state index in [-0.39, 0.29) is 17.4 Å². The molecule has 0 aliphatic heterocycles. The minimum Gasteiger partial charge on any atom is -0.318 e. The molecule has 0 fully saturated rings. The molecule has 4 heteroatoms. The van der Waals surface area contributed by atoms with Gasteiger partial charge < -0.3 is 9.47 Å².